The van der Waals surface area contributed by atoms with Gasteiger partial charge in [0.15, 0.2) is 0 Å². The van der Waals surface area contributed by atoms with E-state index >= 15 is 0 Å². The maximum atomic E-state index is 3.23. The largest absolute Gasteiger partial charge is 0.393 e. The first-order valence-corrected chi connectivity index (χ1v) is 8.13. The Labute approximate surface area is 113 Å². The van der Waals surface area contributed by atoms with Gasteiger partial charge in [0.2, 0.25) is 0 Å². The molecule has 0 unspecified atom stereocenters. The van der Waals surface area contributed by atoms with Crippen LogP contribution in [0.2, 0.25) is 0 Å². The first-order valence-electron chi connectivity index (χ1n) is 7.15. The fourth-order valence-corrected chi connectivity index (χ4v) is 3.25. The lowest BCUT2D eigenvalue weighted by molar-refractivity contribution is 0.329. The van der Waals surface area contributed by atoms with Crippen LogP contribution in [0.5, 0.6) is 0 Å². The highest BCUT2D eigenvalue weighted by Gasteiger charge is 2.27. The van der Waals surface area contributed by atoms with E-state index in [1.807, 2.05) is 18.8 Å². The Bertz CT molecular complexity index is 203. The Balaban J connectivity index is 4.75. The lowest BCUT2D eigenvalue weighted by atomic mass is 9.80. The van der Waals surface area contributed by atoms with Crippen LogP contribution >= 0.6 is 11.8 Å². The van der Waals surface area contributed by atoms with Crippen molar-refractivity contribution in [3.63, 3.8) is 0 Å². The number of unbranched alkanes of at least 4 members (excludes halogenated alkanes) is 2. The molecule has 0 radical (unpaired) electrons. The van der Waals surface area contributed by atoms with Crippen molar-refractivity contribution in [3.05, 3.63) is 11.1 Å². The van der Waals surface area contributed by atoms with Gasteiger partial charge in [0.25, 0.3) is 0 Å². The lowest BCUT2D eigenvalue weighted by Gasteiger charge is -2.32. The van der Waals surface area contributed by atoms with Crippen molar-refractivity contribution in [1.82, 2.24) is 5.32 Å². The van der Waals surface area contributed by atoms with Gasteiger partial charge in [-0.2, -0.15) is 0 Å². The molecule has 0 saturated heterocycles. The molecule has 0 spiro atoms. The summed E-state index contributed by atoms with van der Waals surface area (Å²) >= 11 is 2.01. The normalized spacial score (nSPS) is 12.9. The summed E-state index contributed by atoms with van der Waals surface area (Å²) in [5.74, 6) is 1.17. The summed E-state index contributed by atoms with van der Waals surface area (Å²) in [6, 6.07) is 0. The van der Waals surface area contributed by atoms with Crippen LogP contribution in [-0.4, -0.2) is 12.8 Å². The Hall–Kier alpha value is -0.110. The standard InChI is InChI=1S/C15H31NS/c1-6-9-11-15(4,12-10-7-2)14(13-16-5)17-8-3/h13,16H,6-12H2,1-5H3/b14-13-. The third-order valence-corrected chi connectivity index (χ3v) is 4.54. The Morgan fingerprint density at radius 1 is 1.12 bits per heavy atom. The fourth-order valence-electron chi connectivity index (χ4n) is 2.18. The summed E-state index contributed by atoms with van der Waals surface area (Å²) in [5, 5.41) is 3.23. The summed E-state index contributed by atoms with van der Waals surface area (Å²) in [6.07, 6.45) is 10.1. The minimum Gasteiger partial charge on any atom is -0.393 e. The van der Waals surface area contributed by atoms with E-state index in [-0.39, 0.29) is 0 Å². The molecule has 0 fully saturated rings. The second-order valence-electron chi connectivity index (χ2n) is 5.00. The van der Waals surface area contributed by atoms with E-state index in [2.05, 4.69) is 39.2 Å². The van der Waals surface area contributed by atoms with Crippen molar-refractivity contribution < 1.29 is 0 Å². The van der Waals surface area contributed by atoms with Crippen LogP contribution in [0.3, 0.4) is 0 Å². The van der Waals surface area contributed by atoms with Gasteiger partial charge in [-0.15, -0.1) is 11.8 Å². The number of nitrogens with one attached hydrogen (secondary N) is 1. The van der Waals surface area contributed by atoms with E-state index in [0.717, 1.165) is 0 Å². The molecule has 0 aliphatic carbocycles. The summed E-state index contributed by atoms with van der Waals surface area (Å²) < 4.78 is 0. The van der Waals surface area contributed by atoms with Crippen molar-refractivity contribution in [2.24, 2.45) is 5.41 Å². The molecule has 1 N–H and O–H groups in total. The highest BCUT2D eigenvalue weighted by molar-refractivity contribution is 8.03. The molecule has 0 rings (SSSR count). The second kappa shape index (κ2) is 9.87. The Kier molecular flexibility index (Phi) is 9.81. The first kappa shape index (κ1) is 16.9. The minimum absolute atomic E-state index is 0.385. The maximum absolute atomic E-state index is 3.23. The van der Waals surface area contributed by atoms with Crippen LogP contribution in [0.4, 0.5) is 0 Å². The van der Waals surface area contributed by atoms with E-state index in [0.29, 0.717) is 5.41 Å². The zero-order valence-electron chi connectivity index (χ0n) is 12.4. The molecule has 2 heteroatoms. The fraction of sp³-hybridized carbons (Fsp3) is 0.867. The predicted octanol–water partition coefficient (Wildman–Crippen LogP) is 5.19. The molecule has 0 aromatic carbocycles. The summed E-state index contributed by atoms with van der Waals surface area (Å²) in [4.78, 5) is 1.55. The molecule has 0 aromatic rings. The molecule has 1 nitrogen and oxygen atoms in total. The average molecular weight is 257 g/mol. The van der Waals surface area contributed by atoms with Gasteiger partial charge in [-0.25, -0.2) is 0 Å². The summed E-state index contributed by atoms with van der Waals surface area (Å²) in [5.41, 5.74) is 0.385. The van der Waals surface area contributed by atoms with E-state index in [1.165, 1.54) is 44.3 Å². The monoisotopic (exact) mass is 257 g/mol. The summed E-state index contributed by atoms with van der Waals surface area (Å²) in [7, 11) is 2.01. The van der Waals surface area contributed by atoms with Gasteiger partial charge in [-0.3, -0.25) is 0 Å². The Morgan fingerprint density at radius 2 is 1.65 bits per heavy atom. The van der Waals surface area contributed by atoms with Crippen LogP contribution in [0.15, 0.2) is 11.1 Å². The second-order valence-corrected chi connectivity index (χ2v) is 6.30. The smallest absolute Gasteiger partial charge is 0.00638 e. The lowest BCUT2D eigenvalue weighted by Crippen LogP contribution is -2.20. The van der Waals surface area contributed by atoms with Crippen molar-refractivity contribution in [1.29, 1.82) is 0 Å². The molecule has 102 valence electrons. The van der Waals surface area contributed by atoms with Crippen LogP contribution in [-0.2, 0) is 0 Å². The van der Waals surface area contributed by atoms with Gasteiger partial charge >= 0.3 is 0 Å². The SMILES string of the molecule is CCCCC(C)(CCCC)/C(=C/NC)SCC. The maximum Gasteiger partial charge on any atom is 0.00638 e. The van der Waals surface area contributed by atoms with E-state index in [4.69, 9.17) is 0 Å². The van der Waals surface area contributed by atoms with Crippen molar-refractivity contribution in [2.75, 3.05) is 12.8 Å². The zero-order chi connectivity index (χ0) is 13.1. The molecule has 0 aromatic heterocycles. The van der Waals surface area contributed by atoms with Gasteiger partial charge in [0.1, 0.15) is 0 Å². The summed E-state index contributed by atoms with van der Waals surface area (Å²) in [6.45, 7) is 9.27. The average Bonchev–Trinajstić information content (AvgIpc) is 2.33. The molecule has 17 heavy (non-hydrogen) atoms. The molecule has 0 atom stereocenters. The first-order chi connectivity index (χ1) is 8.14. The van der Waals surface area contributed by atoms with Crippen molar-refractivity contribution in [2.45, 2.75) is 66.2 Å². The van der Waals surface area contributed by atoms with Crippen LogP contribution in [0.25, 0.3) is 0 Å². The third-order valence-electron chi connectivity index (χ3n) is 3.33. The number of hydrogen-bond donors (Lipinski definition) is 1. The zero-order valence-corrected chi connectivity index (χ0v) is 13.3. The highest BCUT2D eigenvalue weighted by Crippen LogP contribution is 2.43. The molecule has 0 saturated carbocycles. The van der Waals surface area contributed by atoms with E-state index < -0.39 is 0 Å². The van der Waals surface area contributed by atoms with Gasteiger partial charge < -0.3 is 5.32 Å². The number of thioether (sulfide) groups is 1. The van der Waals surface area contributed by atoms with Crippen LogP contribution < -0.4 is 5.32 Å². The van der Waals surface area contributed by atoms with Crippen molar-refractivity contribution >= 4 is 11.8 Å². The topological polar surface area (TPSA) is 12.0 Å². The highest BCUT2D eigenvalue weighted by atomic mass is 32.2. The predicted molar refractivity (Wildman–Crippen MR) is 82.4 cm³/mol. The van der Waals surface area contributed by atoms with Crippen LogP contribution in [0, 0.1) is 5.41 Å². The van der Waals surface area contributed by atoms with Crippen LogP contribution in [0.1, 0.15) is 66.2 Å². The van der Waals surface area contributed by atoms with Gasteiger partial charge in [-0.1, -0.05) is 53.4 Å². The number of rotatable bonds is 10. The van der Waals surface area contributed by atoms with E-state index in [9.17, 15) is 0 Å². The van der Waals surface area contributed by atoms with Gasteiger partial charge in [0, 0.05) is 18.2 Å². The van der Waals surface area contributed by atoms with Gasteiger partial charge in [-0.05, 0) is 24.0 Å². The Morgan fingerprint density at radius 3 is 2.00 bits per heavy atom. The quantitative estimate of drug-likeness (QED) is 0.578. The molecule has 0 aliphatic rings. The number of hydrogen-bond acceptors (Lipinski definition) is 2. The molecular formula is C15H31NS. The molecule has 0 aliphatic heterocycles. The molecule has 0 heterocycles. The minimum atomic E-state index is 0.385. The van der Waals surface area contributed by atoms with Gasteiger partial charge in [0.05, 0.1) is 0 Å². The number of allylic oxidation sites excluding steroid dienone is 1. The van der Waals surface area contributed by atoms with E-state index in [1.54, 1.807) is 4.91 Å². The molecular weight excluding hydrogens is 226 g/mol. The third kappa shape index (κ3) is 6.40. The molecule has 0 amide bonds. The molecule has 0 bridgehead atoms. The van der Waals surface area contributed by atoms with Crippen molar-refractivity contribution in [3.8, 4) is 0 Å².